The lowest BCUT2D eigenvalue weighted by Crippen LogP contribution is -2.25. The van der Waals surface area contributed by atoms with Crippen molar-refractivity contribution in [2.24, 2.45) is 0 Å². The highest BCUT2D eigenvalue weighted by Crippen LogP contribution is 2.30. The largest absolute Gasteiger partial charge is 0.495 e. The lowest BCUT2D eigenvalue weighted by molar-refractivity contribution is -0.113. The van der Waals surface area contributed by atoms with E-state index in [0.29, 0.717) is 38.1 Å². The second-order valence-corrected chi connectivity index (χ2v) is 11.3. The second-order valence-electron chi connectivity index (χ2n) is 8.04. The summed E-state index contributed by atoms with van der Waals surface area (Å²) in [6, 6.07) is 20.1. The number of nitrogens with one attached hydrogen (secondary N) is 2. The lowest BCUT2D eigenvalue weighted by Gasteiger charge is -2.14. The van der Waals surface area contributed by atoms with Gasteiger partial charge in [-0.25, -0.2) is 4.98 Å². The first-order chi connectivity index (χ1) is 18.9. The Kier molecular flexibility index (Phi) is 8.46. The quantitative estimate of drug-likeness (QED) is 0.191. The maximum Gasteiger partial charge on any atom is 0.253 e. The van der Waals surface area contributed by atoms with Crippen LogP contribution >= 0.6 is 50.6 Å². The zero-order valence-electron chi connectivity index (χ0n) is 20.4. The van der Waals surface area contributed by atoms with Gasteiger partial charge in [0, 0.05) is 4.47 Å². The first-order valence-electron chi connectivity index (χ1n) is 11.5. The standard InChI is InChI=1S/C26H20BrClN6O3S2/c1-37-20-8-4-3-7-19(20)34-22(13-29-24(36)16-12-15(27)10-11-17(16)28)32-33-26(34)38-14-23(35)31-25-30-18-6-2-5-9-21(18)39-25/h2-12H,13-14H2,1H3,(H,29,36)(H,30,31,35). The number of anilines is 1. The van der Waals surface area contributed by atoms with Crippen molar-refractivity contribution in [2.75, 3.05) is 18.2 Å². The number of fused-ring (bicyclic) bond motifs is 1. The Labute approximate surface area is 245 Å². The van der Waals surface area contributed by atoms with Crippen molar-refractivity contribution in [1.82, 2.24) is 25.1 Å². The van der Waals surface area contributed by atoms with Gasteiger partial charge < -0.3 is 15.4 Å². The molecule has 0 aliphatic heterocycles. The van der Waals surface area contributed by atoms with Crippen LogP contribution in [0.25, 0.3) is 15.9 Å². The van der Waals surface area contributed by atoms with Crippen molar-refractivity contribution >= 4 is 77.8 Å². The van der Waals surface area contributed by atoms with Gasteiger partial charge >= 0.3 is 0 Å². The molecule has 2 N–H and O–H groups in total. The van der Waals surface area contributed by atoms with Gasteiger partial charge in [0.2, 0.25) is 5.91 Å². The number of nitrogens with zero attached hydrogens (tertiary/aromatic N) is 4. The third kappa shape index (κ3) is 6.25. The zero-order chi connectivity index (χ0) is 27.4. The third-order valence-electron chi connectivity index (χ3n) is 5.48. The number of rotatable bonds is 9. The average molecular weight is 644 g/mol. The van der Waals surface area contributed by atoms with Crippen LogP contribution in [0.3, 0.4) is 0 Å². The number of para-hydroxylation sites is 3. The first-order valence-corrected chi connectivity index (χ1v) is 14.5. The molecule has 0 spiro atoms. The molecule has 0 saturated carbocycles. The Balaban J connectivity index is 1.35. The van der Waals surface area contributed by atoms with E-state index in [4.69, 9.17) is 16.3 Å². The van der Waals surface area contributed by atoms with Gasteiger partial charge in [-0.05, 0) is 42.5 Å². The van der Waals surface area contributed by atoms with E-state index in [1.54, 1.807) is 29.9 Å². The molecule has 2 aromatic heterocycles. The van der Waals surface area contributed by atoms with E-state index in [0.717, 1.165) is 14.7 Å². The van der Waals surface area contributed by atoms with E-state index >= 15 is 0 Å². The van der Waals surface area contributed by atoms with Crippen LogP contribution in [-0.4, -0.2) is 44.4 Å². The van der Waals surface area contributed by atoms with Crippen molar-refractivity contribution < 1.29 is 14.3 Å². The van der Waals surface area contributed by atoms with Crippen LogP contribution in [0, 0.1) is 0 Å². The molecule has 0 radical (unpaired) electrons. The molecular weight excluding hydrogens is 624 g/mol. The molecular formula is C26H20BrClN6O3S2. The SMILES string of the molecule is COc1ccccc1-n1c(CNC(=O)c2cc(Br)ccc2Cl)nnc1SCC(=O)Nc1nc2ccccc2s1. The summed E-state index contributed by atoms with van der Waals surface area (Å²) >= 11 is 12.2. The maximum absolute atomic E-state index is 12.9. The monoisotopic (exact) mass is 642 g/mol. The Morgan fingerprint density at radius 2 is 1.90 bits per heavy atom. The van der Waals surface area contributed by atoms with E-state index < -0.39 is 0 Å². The number of ether oxygens (including phenoxy) is 1. The van der Waals surface area contributed by atoms with Crippen molar-refractivity contribution in [3.05, 3.63) is 87.6 Å². The summed E-state index contributed by atoms with van der Waals surface area (Å²) in [5.74, 6) is 0.519. The number of benzene rings is 3. The van der Waals surface area contributed by atoms with E-state index in [2.05, 4.69) is 41.7 Å². The molecule has 0 bridgehead atoms. The van der Waals surface area contributed by atoms with Gasteiger partial charge in [0.1, 0.15) is 5.75 Å². The van der Waals surface area contributed by atoms with E-state index in [9.17, 15) is 9.59 Å². The molecule has 0 fully saturated rings. The maximum atomic E-state index is 12.9. The van der Waals surface area contributed by atoms with Gasteiger partial charge in [0.05, 0.1) is 45.9 Å². The van der Waals surface area contributed by atoms with Crippen molar-refractivity contribution in [2.45, 2.75) is 11.7 Å². The summed E-state index contributed by atoms with van der Waals surface area (Å²) in [5.41, 5.74) is 1.83. The minimum atomic E-state index is -0.361. The predicted octanol–water partition coefficient (Wildman–Crippen LogP) is 5.96. The summed E-state index contributed by atoms with van der Waals surface area (Å²) < 4.78 is 9.04. The molecule has 39 heavy (non-hydrogen) atoms. The van der Waals surface area contributed by atoms with Gasteiger partial charge in [-0.1, -0.05) is 74.9 Å². The molecule has 0 saturated heterocycles. The number of carbonyl (C=O) groups excluding carboxylic acids is 2. The summed E-state index contributed by atoms with van der Waals surface area (Å²) in [6.45, 7) is 0.0607. The molecule has 2 heterocycles. The van der Waals surface area contributed by atoms with Gasteiger partial charge in [-0.3, -0.25) is 14.2 Å². The third-order valence-corrected chi connectivity index (χ3v) is 8.18. The second kappa shape index (κ2) is 12.2. The number of amides is 2. The number of halogens is 2. The highest BCUT2D eigenvalue weighted by atomic mass is 79.9. The molecule has 5 aromatic rings. The smallest absolute Gasteiger partial charge is 0.253 e. The Bertz CT molecular complexity index is 1640. The fourth-order valence-electron chi connectivity index (χ4n) is 3.70. The summed E-state index contributed by atoms with van der Waals surface area (Å²) in [7, 11) is 1.57. The fourth-order valence-corrected chi connectivity index (χ4v) is 5.91. The van der Waals surface area contributed by atoms with Crippen LogP contribution < -0.4 is 15.4 Å². The lowest BCUT2D eigenvalue weighted by atomic mass is 10.2. The molecule has 9 nitrogen and oxygen atoms in total. The highest BCUT2D eigenvalue weighted by molar-refractivity contribution is 9.10. The van der Waals surface area contributed by atoms with E-state index in [1.165, 1.54) is 23.1 Å². The molecule has 0 aliphatic carbocycles. The summed E-state index contributed by atoms with van der Waals surface area (Å²) in [5, 5.41) is 15.6. The van der Waals surface area contributed by atoms with Gasteiger partial charge in [0.25, 0.3) is 5.91 Å². The van der Waals surface area contributed by atoms with Crippen LogP contribution in [0.1, 0.15) is 16.2 Å². The first kappa shape index (κ1) is 27.1. The van der Waals surface area contributed by atoms with Crippen molar-refractivity contribution in [1.29, 1.82) is 0 Å². The molecule has 0 aliphatic rings. The molecule has 198 valence electrons. The number of thiazole rings is 1. The number of hydrogen-bond acceptors (Lipinski definition) is 8. The van der Waals surface area contributed by atoms with Crippen molar-refractivity contribution in [3.8, 4) is 11.4 Å². The van der Waals surface area contributed by atoms with Gasteiger partial charge in [-0.15, -0.1) is 10.2 Å². The molecule has 13 heteroatoms. The van der Waals surface area contributed by atoms with Crippen LogP contribution in [0.5, 0.6) is 5.75 Å². The minimum Gasteiger partial charge on any atom is -0.495 e. The number of aromatic nitrogens is 4. The predicted molar refractivity (Wildman–Crippen MR) is 157 cm³/mol. The summed E-state index contributed by atoms with van der Waals surface area (Å²) in [6.07, 6.45) is 0. The van der Waals surface area contributed by atoms with Crippen LogP contribution in [0.2, 0.25) is 5.02 Å². The minimum absolute atomic E-state index is 0.0607. The molecule has 3 aromatic carbocycles. The fraction of sp³-hybridized carbons (Fsp3) is 0.115. The Morgan fingerprint density at radius 3 is 2.72 bits per heavy atom. The number of carbonyl (C=O) groups is 2. The van der Waals surface area contributed by atoms with Gasteiger partial charge in [0.15, 0.2) is 16.1 Å². The van der Waals surface area contributed by atoms with Crippen LogP contribution in [-0.2, 0) is 11.3 Å². The highest BCUT2D eigenvalue weighted by Gasteiger charge is 2.20. The summed E-state index contributed by atoms with van der Waals surface area (Å²) in [4.78, 5) is 30.1. The number of methoxy groups -OCH3 is 1. The number of thioether (sulfide) groups is 1. The Hall–Kier alpha value is -3.45. The topological polar surface area (TPSA) is 111 Å². The van der Waals surface area contributed by atoms with Crippen molar-refractivity contribution in [3.63, 3.8) is 0 Å². The molecule has 0 unspecified atom stereocenters. The normalized spacial score (nSPS) is 10.9. The molecule has 2 amide bonds. The van der Waals surface area contributed by atoms with E-state index in [1.807, 2.05) is 48.5 Å². The zero-order valence-corrected chi connectivity index (χ0v) is 24.3. The Morgan fingerprint density at radius 1 is 1.10 bits per heavy atom. The average Bonchev–Trinajstić information content (AvgIpc) is 3.54. The van der Waals surface area contributed by atoms with Crippen LogP contribution in [0.4, 0.5) is 5.13 Å². The van der Waals surface area contributed by atoms with Gasteiger partial charge in [-0.2, -0.15) is 0 Å². The van der Waals surface area contributed by atoms with Crippen LogP contribution in [0.15, 0.2) is 76.4 Å². The number of hydrogen-bond donors (Lipinski definition) is 2. The molecule has 5 rings (SSSR count). The molecule has 0 atom stereocenters. The van der Waals surface area contributed by atoms with E-state index in [-0.39, 0.29) is 24.1 Å².